The Morgan fingerprint density at radius 1 is 1.02 bits per heavy atom. The number of alkyl halides is 1. The summed E-state index contributed by atoms with van der Waals surface area (Å²) in [5.74, 6) is -2.36. The predicted molar refractivity (Wildman–Crippen MR) is 186 cm³/mol. The number of alkyl carbamates (subject to hydrolysis) is 1. The van der Waals surface area contributed by atoms with Crippen molar-refractivity contribution in [3.63, 3.8) is 0 Å². The van der Waals surface area contributed by atoms with Gasteiger partial charge in [-0.1, -0.05) is 96.6 Å². The third-order valence-corrected chi connectivity index (χ3v) is 9.19. The lowest BCUT2D eigenvalue weighted by molar-refractivity contribution is -0.347. The monoisotopic (exact) mass is 732 g/mol. The minimum Gasteiger partial charge on any atom is -0.460 e. The molecule has 3 aromatic rings. The number of rotatable bonds is 13. The second kappa shape index (κ2) is 17.0. The van der Waals surface area contributed by atoms with Crippen molar-refractivity contribution in [1.82, 2.24) is 5.32 Å². The largest absolute Gasteiger partial charge is 0.460 e. The first kappa shape index (κ1) is 36.8. The topological polar surface area (TPSA) is 177 Å². The lowest BCUT2D eigenvalue weighted by Crippen LogP contribution is -2.64. The Hall–Kier alpha value is -4.95. The molecule has 14 nitrogen and oxygen atoms in total. The van der Waals surface area contributed by atoms with Gasteiger partial charge in [0.1, 0.15) is 43.4 Å². The molecule has 2 heterocycles. The standard InChI is InChI=1S/C37H37ClN4O10/c1-3-17-46-34(44)30(40-37(45)48-19-27-25-15-9-7-13-23(25)24-14-8-10-16-26(24)27)21(2)49-36-31(41-42-39)33(51-29(43)18-38)32-28(50-36)20-47-35(52-32)22-11-5-4-6-12-22/h3-16,21,27-28,30-33,35-36H,1,17-20H2,2H3,(H,40,45)/t21-,28-,30+,31-,32+,33-,35+,36+/m1/s1. The van der Waals surface area contributed by atoms with Crippen molar-refractivity contribution in [3.8, 4) is 11.1 Å². The first-order valence-corrected chi connectivity index (χ1v) is 17.2. The van der Waals surface area contributed by atoms with Crippen LogP contribution in [0, 0.1) is 0 Å². The van der Waals surface area contributed by atoms with E-state index in [9.17, 15) is 19.9 Å². The maximum atomic E-state index is 13.3. The van der Waals surface area contributed by atoms with Crippen molar-refractivity contribution in [1.29, 1.82) is 0 Å². The van der Waals surface area contributed by atoms with E-state index in [0.717, 1.165) is 22.3 Å². The maximum Gasteiger partial charge on any atom is 0.407 e. The molecule has 0 unspecified atom stereocenters. The highest BCUT2D eigenvalue weighted by molar-refractivity contribution is 6.26. The summed E-state index contributed by atoms with van der Waals surface area (Å²) >= 11 is 5.78. The molecular formula is C37H37ClN4O10. The molecule has 1 N–H and O–H groups in total. The first-order valence-electron chi connectivity index (χ1n) is 16.6. The smallest absolute Gasteiger partial charge is 0.407 e. The zero-order chi connectivity index (χ0) is 36.6. The van der Waals surface area contributed by atoms with Gasteiger partial charge in [0.05, 0.1) is 12.7 Å². The molecule has 3 aliphatic rings. The summed E-state index contributed by atoms with van der Waals surface area (Å²) in [6.45, 7) is 4.90. The van der Waals surface area contributed by atoms with Crippen molar-refractivity contribution in [2.75, 3.05) is 25.7 Å². The lowest BCUT2D eigenvalue weighted by Gasteiger charge is -2.48. The highest BCUT2D eigenvalue weighted by Crippen LogP contribution is 2.44. The van der Waals surface area contributed by atoms with Crippen molar-refractivity contribution in [3.05, 3.63) is 119 Å². The number of nitrogens with zero attached hydrogens (tertiary/aromatic N) is 3. The summed E-state index contributed by atoms with van der Waals surface area (Å²) in [7, 11) is 0. The summed E-state index contributed by atoms with van der Waals surface area (Å²) in [6.07, 6.45) is -5.98. The molecule has 0 radical (unpaired) electrons. The molecule has 3 aromatic carbocycles. The van der Waals surface area contributed by atoms with Crippen LogP contribution in [-0.2, 0) is 42.7 Å². The fourth-order valence-electron chi connectivity index (χ4n) is 6.61. The van der Waals surface area contributed by atoms with Crippen molar-refractivity contribution in [2.24, 2.45) is 5.11 Å². The Bertz CT molecular complexity index is 1760. The van der Waals surface area contributed by atoms with Gasteiger partial charge in [-0.25, -0.2) is 9.59 Å². The van der Waals surface area contributed by atoms with Gasteiger partial charge in [-0.15, -0.1) is 11.6 Å². The molecule has 0 aromatic heterocycles. The molecule has 15 heteroatoms. The number of carbonyl (C=O) groups is 3. The normalized spacial score (nSPS) is 24.4. The van der Waals surface area contributed by atoms with Crippen LogP contribution in [-0.4, -0.2) is 86.5 Å². The number of ether oxygens (including phenoxy) is 7. The number of fused-ring (bicyclic) bond motifs is 4. The molecule has 52 heavy (non-hydrogen) atoms. The average molecular weight is 733 g/mol. The van der Waals surface area contributed by atoms with E-state index in [1.807, 2.05) is 78.9 Å². The predicted octanol–water partition coefficient (Wildman–Crippen LogP) is 5.70. The first-order chi connectivity index (χ1) is 25.3. The fraction of sp³-hybridized carbons (Fsp3) is 0.378. The number of halogens is 1. The van der Waals surface area contributed by atoms with Gasteiger partial charge in [-0.3, -0.25) is 4.79 Å². The third-order valence-electron chi connectivity index (χ3n) is 8.97. The second-order valence-corrected chi connectivity index (χ2v) is 12.5. The van der Waals surface area contributed by atoms with Crippen LogP contribution < -0.4 is 5.32 Å². The van der Waals surface area contributed by atoms with Gasteiger partial charge >= 0.3 is 18.0 Å². The van der Waals surface area contributed by atoms with Gasteiger partial charge in [-0.05, 0) is 34.7 Å². The molecule has 2 saturated heterocycles. The van der Waals surface area contributed by atoms with E-state index in [4.69, 9.17) is 44.8 Å². The van der Waals surface area contributed by atoms with Gasteiger partial charge < -0.3 is 38.5 Å². The molecule has 0 spiro atoms. The van der Waals surface area contributed by atoms with Crippen LogP contribution >= 0.6 is 11.6 Å². The maximum absolute atomic E-state index is 13.3. The molecule has 8 atom stereocenters. The molecule has 6 rings (SSSR count). The zero-order valence-electron chi connectivity index (χ0n) is 28.1. The minimum atomic E-state index is -1.42. The van der Waals surface area contributed by atoms with E-state index in [-0.39, 0.29) is 25.7 Å². The highest BCUT2D eigenvalue weighted by atomic mass is 35.5. The van der Waals surface area contributed by atoms with Gasteiger partial charge in [0, 0.05) is 16.4 Å². The van der Waals surface area contributed by atoms with Crippen LogP contribution in [0.25, 0.3) is 21.6 Å². The van der Waals surface area contributed by atoms with E-state index in [1.54, 1.807) is 0 Å². The molecule has 2 fully saturated rings. The molecule has 1 amide bonds. The highest BCUT2D eigenvalue weighted by Gasteiger charge is 2.53. The fourth-order valence-corrected chi connectivity index (χ4v) is 6.67. The lowest BCUT2D eigenvalue weighted by atomic mass is 9.95. The second-order valence-electron chi connectivity index (χ2n) is 12.2. The molecule has 2 aliphatic heterocycles. The number of amides is 1. The summed E-state index contributed by atoms with van der Waals surface area (Å²) in [5.41, 5.74) is 14.4. The third kappa shape index (κ3) is 8.07. The van der Waals surface area contributed by atoms with Crippen LogP contribution in [0.3, 0.4) is 0 Å². The Labute approximate surface area is 304 Å². The summed E-state index contributed by atoms with van der Waals surface area (Å²) in [4.78, 5) is 42.0. The van der Waals surface area contributed by atoms with Crippen LogP contribution in [0.2, 0.25) is 0 Å². The van der Waals surface area contributed by atoms with Crippen LogP contribution in [0.4, 0.5) is 4.79 Å². The number of hydrogen-bond acceptors (Lipinski definition) is 11. The van der Waals surface area contributed by atoms with Gasteiger partial charge in [0.15, 0.2) is 18.6 Å². The molecule has 272 valence electrons. The van der Waals surface area contributed by atoms with Crippen LogP contribution in [0.5, 0.6) is 0 Å². The van der Waals surface area contributed by atoms with Crippen LogP contribution in [0.15, 0.2) is 96.6 Å². The quantitative estimate of drug-likeness (QED) is 0.0437. The Balaban J connectivity index is 1.19. The van der Waals surface area contributed by atoms with Gasteiger partial charge in [0.2, 0.25) is 0 Å². The Kier molecular flexibility index (Phi) is 12.1. The van der Waals surface area contributed by atoms with E-state index in [1.165, 1.54) is 13.0 Å². The number of benzene rings is 3. The molecule has 1 aliphatic carbocycles. The van der Waals surface area contributed by atoms with Crippen molar-refractivity contribution in [2.45, 2.75) is 61.9 Å². The van der Waals surface area contributed by atoms with E-state index in [0.29, 0.717) is 5.56 Å². The van der Waals surface area contributed by atoms with E-state index in [2.05, 4.69) is 21.9 Å². The van der Waals surface area contributed by atoms with E-state index >= 15 is 0 Å². The summed E-state index contributed by atoms with van der Waals surface area (Å²) < 4.78 is 41.1. The Morgan fingerprint density at radius 3 is 2.35 bits per heavy atom. The zero-order valence-corrected chi connectivity index (χ0v) is 28.9. The average Bonchev–Trinajstić information content (AvgIpc) is 3.49. The van der Waals surface area contributed by atoms with Gasteiger partial charge in [-0.2, -0.15) is 0 Å². The minimum absolute atomic E-state index is 0.00508. The molecular weight excluding hydrogens is 696 g/mol. The van der Waals surface area contributed by atoms with Gasteiger partial charge in [0.25, 0.3) is 0 Å². The number of azide groups is 1. The molecule has 0 bridgehead atoms. The SMILES string of the molecule is C=CCOC(=O)[C@@H](NC(=O)OCC1c2ccccc2-c2ccccc21)[C@@H](C)O[C@H]1O[C@@H]2CO[C@H](c3ccccc3)O[C@@H]2[C@H](OC(=O)CCl)[C@H]1N=[N+]=[N-]. The molecule has 0 saturated carbocycles. The summed E-state index contributed by atoms with van der Waals surface area (Å²) in [6, 6.07) is 22.1. The number of nitrogens with one attached hydrogen (secondary N) is 1. The van der Waals surface area contributed by atoms with Crippen molar-refractivity contribution >= 4 is 29.6 Å². The summed E-state index contributed by atoms with van der Waals surface area (Å²) in [5, 5.41) is 6.41. The number of hydrogen-bond donors (Lipinski definition) is 1. The van der Waals surface area contributed by atoms with Crippen molar-refractivity contribution < 1.29 is 47.5 Å². The van der Waals surface area contributed by atoms with E-state index < -0.39 is 73.0 Å². The Morgan fingerprint density at radius 2 is 1.69 bits per heavy atom. The number of esters is 2. The number of carbonyl (C=O) groups excluding carboxylic acids is 3. The van der Waals surface area contributed by atoms with Crippen LogP contribution in [0.1, 0.15) is 35.8 Å².